The molecule has 3 N–H and O–H groups in total. The van der Waals surface area contributed by atoms with Gasteiger partial charge in [-0.05, 0) is 56.4 Å². The highest BCUT2D eigenvalue weighted by molar-refractivity contribution is 5.79. The van der Waals surface area contributed by atoms with Crippen LogP contribution in [-0.4, -0.2) is 53.6 Å². The quantitative estimate of drug-likeness (QED) is 0.441. The Kier molecular flexibility index (Phi) is 6.49. The van der Waals surface area contributed by atoms with Crippen molar-refractivity contribution in [2.75, 3.05) is 13.2 Å². The number of rotatable bonds is 8. The average molecular weight is 540 g/mol. The molecule has 2 amide bonds. The molecule has 3 saturated carbocycles. The summed E-state index contributed by atoms with van der Waals surface area (Å²) in [7, 11) is 0. The number of benzene rings is 2. The molecular formula is C25H24F4N2O7. The van der Waals surface area contributed by atoms with Crippen molar-refractivity contribution in [3.05, 3.63) is 48.0 Å². The summed E-state index contributed by atoms with van der Waals surface area (Å²) < 4.78 is 72.0. The van der Waals surface area contributed by atoms with Gasteiger partial charge in [0.1, 0.15) is 11.5 Å². The molecule has 0 unspecified atom stereocenters. The van der Waals surface area contributed by atoms with Gasteiger partial charge in [-0.2, -0.15) is 0 Å². The zero-order chi connectivity index (χ0) is 27.1. The first-order valence-corrected chi connectivity index (χ1v) is 11.9. The second kappa shape index (κ2) is 9.53. The van der Waals surface area contributed by atoms with Gasteiger partial charge in [-0.3, -0.25) is 9.59 Å². The molecule has 0 spiro atoms. The lowest BCUT2D eigenvalue weighted by molar-refractivity contribution is -0.286. The third-order valence-corrected chi connectivity index (χ3v) is 7.12. The van der Waals surface area contributed by atoms with E-state index in [2.05, 4.69) is 20.1 Å². The molecule has 204 valence electrons. The van der Waals surface area contributed by atoms with Gasteiger partial charge in [-0.15, -0.1) is 8.78 Å². The van der Waals surface area contributed by atoms with Gasteiger partial charge in [0, 0.05) is 17.7 Å². The number of fused-ring (bicyclic) bond motifs is 4. The Morgan fingerprint density at radius 2 is 1.47 bits per heavy atom. The Hall–Kier alpha value is -3.74. The number of aliphatic hydroxyl groups excluding tert-OH is 1. The molecule has 13 heteroatoms. The smallest absolute Gasteiger partial charge is 0.484 e. The molecule has 2 aromatic rings. The molecule has 9 nitrogen and oxygen atoms in total. The topological polar surface area (TPSA) is 115 Å². The van der Waals surface area contributed by atoms with Crippen LogP contribution in [0.4, 0.5) is 17.6 Å². The lowest BCUT2D eigenvalue weighted by Crippen LogP contribution is -2.70. The second-order valence-corrected chi connectivity index (χ2v) is 9.68. The largest absolute Gasteiger partial charge is 0.586 e. The molecule has 3 aliphatic carbocycles. The molecule has 2 aromatic carbocycles. The summed E-state index contributed by atoms with van der Waals surface area (Å²) in [4.78, 5) is 25.1. The zero-order valence-electron chi connectivity index (χ0n) is 19.9. The van der Waals surface area contributed by atoms with E-state index in [0.29, 0.717) is 25.7 Å². The van der Waals surface area contributed by atoms with Crippen LogP contribution in [-0.2, 0) is 9.59 Å². The number of hydrogen-bond donors (Lipinski definition) is 3. The summed E-state index contributed by atoms with van der Waals surface area (Å²) in [6, 6.07) is 6.74. The van der Waals surface area contributed by atoms with E-state index in [4.69, 9.17) is 9.47 Å². The van der Waals surface area contributed by atoms with Crippen LogP contribution in [0.25, 0.3) is 0 Å². The maximum atomic E-state index is 13.3. The lowest BCUT2D eigenvalue weighted by Gasteiger charge is -2.56. The van der Waals surface area contributed by atoms with Gasteiger partial charge in [0.05, 0.1) is 11.6 Å². The number of alkyl halides is 2. The molecule has 0 radical (unpaired) electrons. The van der Waals surface area contributed by atoms with Crippen LogP contribution in [0, 0.1) is 11.6 Å². The maximum absolute atomic E-state index is 13.3. The standard InChI is InChI=1S/C25H24F4N2O7/c26-16-3-1-14(9-17(16)27)35-13-22(34)31-24-7-5-23(6-8-24,11-20(24)32)30-21(33)12-36-15-2-4-18-19(10-15)38-25(28,29)37-18/h1-4,9-10,20,32H,5-8,11-13H2,(H,30,33)(H,31,34)/t20-,23?,24?/m0/s1. The van der Waals surface area contributed by atoms with Crippen LogP contribution in [0.15, 0.2) is 36.4 Å². The molecule has 4 aliphatic rings. The Balaban J connectivity index is 1.11. The lowest BCUT2D eigenvalue weighted by atomic mass is 9.60. The van der Waals surface area contributed by atoms with Crippen molar-refractivity contribution in [1.29, 1.82) is 0 Å². The van der Waals surface area contributed by atoms with Crippen molar-refractivity contribution in [2.24, 2.45) is 0 Å². The van der Waals surface area contributed by atoms with E-state index >= 15 is 0 Å². The minimum atomic E-state index is -3.76. The van der Waals surface area contributed by atoms with Crippen molar-refractivity contribution >= 4 is 11.8 Å². The molecule has 1 heterocycles. The first kappa shape index (κ1) is 25.9. The normalized spacial score (nSPS) is 26.5. The number of amides is 2. The number of nitrogens with one attached hydrogen (secondary N) is 2. The molecule has 1 aliphatic heterocycles. The first-order valence-electron chi connectivity index (χ1n) is 11.9. The van der Waals surface area contributed by atoms with Gasteiger partial charge in [-0.25, -0.2) is 8.78 Å². The molecule has 6 rings (SSSR count). The molecule has 2 bridgehead atoms. The minimum absolute atomic E-state index is 0.00739. The fraction of sp³-hybridized carbons (Fsp3) is 0.440. The van der Waals surface area contributed by atoms with Crippen molar-refractivity contribution in [3.8, 4) is 23.0 Å². The van der Waals surface area contributed by atoms with Crippen molar-refractivity contribution < 1.29 is 51.2 Å². The number of carbonyl (C=O) groups is 2. The van der Waals surface area contributed by atoms with E-state index in [1.807, 2.05) is 0 Å². The Labute approximate surface area is 214 Å². The highest BCUT2D eigenvalue weighted by Gasteiger charge is 2.55. The molecule has 38 heavy (non-hydrogen) atoms. The average Bonchev–Trinajstić information content (AvgIpc) is 3.17. The highest BCUT2D eigenvalue weighted by atomic mass is 19.3. The molecule has 0 saturated heterocycles. The third-order valence-electron chi connectivity index (χ3n) is 7.12. The fourth-order valence-electron chi connectivity index (χ4n) is 5.19. The summed E-state index contributed by atoms with van der Waals surface area (Å²) in [6.45, 7) is -0.840. The van der Waals surface area contributed by atoms with Crippen LogP contribution in [0.2, 0.25) is 0 Å². The molecular weight excluding hydrogens is 516 g/mol. The predicted octanol–water partition coefficient (Wildman–Crippen LogP) is 2.79. The van der Waals surface area contributed by atoms with E-state index in [-0.39, 0.29) is 29.4 Å². The number of aliphatic hydroxyl groups is 1. The van der Waals surface area contributed by atoms with Crippen LogP contribution in [0.1, 0.15) is 32.1 Å². The van der Waals surface area contributed by atoms with E-state index in [1.54, 1.807) is 0 Å². The van der Waals surface area contributed by atoms with Gasteiger partial charge in [0.2, 0.25) is 0 Å². The van der Waals surface area contributed by atoms with E-state index in [0.717, 1.165) is 12.1 Å². The van der Waals surface area contributed by atoms with Gasteiger partial charge in [-0.1, -0.05) is 0 Å². The number of ether oxygens (including phenoxy) is 4. The van der Waals surface area contributed by atoms with Gasteiger partial charge >= 0.3 is 6.29 Å². The summed E-state index contributed by atoms with van der Waals surface area (Å²) in [6.07, 6.45) is -2.76. The van der Waals surface area contributed by atoms with Gasteiger partial charge < -0.3 is 34.7 Å². The van der Waals surface area contributed by atoms with Crippen molar-refractivity contribution in [1.82, 2.24) is 10.6 Å². The van der Waals surface area contributed by atoms with Gasteiger partial charge in [0.15, 0.2) is 36.3 Å². The SMILES string of the molecule is O=C(COc1ccc2c(c1)OC(F)(F)O2)NC12CCC(NC(=O)COc3ccc(F)c(F)c3)(CC1)[C@@H](O)C2. The first-order chi connectivity index (χ1) is 18.0. The summed E-state index contributed by atoms with van der Waals surface area (Å²) in [5, 5.41) is 16.6. The Morgan fingerprint density at radius 1 is 0.868 bits per heavy atom. The van der Waals surface area contributed by atoms with E-state index < -0.39 is 60.1 Å². The maximum Gasteiger partial charge on any atom is 0.586 e. The van der Waals surface area contributed by atoms with Gasteiger partial charge in [0.25, 0.3) is 11.8 Å². The van der Waals surface area contributed by atoms with Crippen molar-refractivity contribution in [3.63, 3.8) is 0 Å². The third kappa shape index (κ3) is 5.28. The van der Waals surface area contributed by atoms with E-state index in [9.17, 15) is 32.3 Å². The number of hydrogen-bond acceptors (Lipinski definition) is 7. The van der Waals surface area contributed by atoms with Crippen LogP contribution >= 0.6 is 0 Å². The van der Waals surface area contributed by atoms with Crippen LogP contribution in [0.3, 0.4) is 0 Å². The van der Waals surface area contributed by atoms with E-state index in [1.165, 1.54) is 24.3 Å². The molecule has 1 atom stereocenters. The zero-order valence-corrected chi connectivity index (χ0v) is 19.9. The second-order valence-electron chi connectivity index (χ2n) is 9.68. The fourth-order valence-corrected chi connectivity index (χ4v) is 5.19. The van der Waals surface area contributed by atoms with Crippen molar-refractivity contribution in [2.45, 2.75) is 55.6 Å². The molecule has 3 fully saturated rings. The Morgan fingerprint density at radius 3 is 2.13 bits per heavy atom. The number of halogens is 4. The van der Waals surface area contributed by atoms with Crippen LogP contribution < -0.4 is 29.6 Å². The monoisotopic (exact) mass is 540 g/mol. The highest BCUT2D eigenvalue weighted by Crippen LogP contribution is 2.47. The summed E-state index contributed by atoms with van der Waals surface area (Å²) in [5.74, 6) is -3.33. The Bertz CT molecular complexity index is 1250. The summed E-state index contributed by atoms with van der Waals surface area (Å²) >= 11 is 0. The predicted molar refractivity (Wildman–Crippen MR) is 121 cm³/mol. The molecule has 0 aromatic heterocycles. The summed E-state index contributed by atoms with van der Waals surface area (Å²) in [5.41, 5.74) is -1.59. The number of carbonyl (C=O) groups excluding carboxylic acids is 2. The van der Waals surface area contributed by atoms with Crippen LogP contribution in [0.5, 0.6) is 23.0 Å². The minimum Gasteiger partial charge on any atom is -0.484 e.